The van der Waals surface area contributed by atoms with Crippen molar-refractivity contribution in [2.75, 3.05) is 13.7 Å². The molecule has 5 rings (SSSR count). The average molecular weight is 416 g/mol. The van der Waals surface area contributed by atoms with E-state index in [9.17, 15) is 0 Å². The van der Waals surface area contributed by atoms with Crippen molar-refractivity contribution < 1.29 is 4.74 Å². The van der Waals surface area contributed by atoms with Gasteiger partial charge in [0, 0.05) is 23.1 Å². The maximum absolute atomic E-state index is 5.35. The minimum absolute atomic E-state index is 0.525. The molecular weight excluding hydrogens is 390 g/mol. The van der Waals surface area contributed by atoms with Gasteiger partial charge in [0.05, 0.1) is 19.3 Å². The van der Waals surface area contributed by atoms with E-state index in [2.05, 4.69) is 65.6 Å². The number of ether oxygens (including phenoxy) is 1. The Morgan fingerprint density at radius 2 is 2.03 bits per heavy atom. The maximum atomic E-state index is 5.35. The first-order valence-electron chi connectivity index (χ1n) is 10.4. The Bertz CT molecular complexity index is 1220. The van der Waals surface area contributed by atoms with Crippen LogP contribution < -0.4 is 9.54 Å². The Balaban J connectivity index is 1.54. The SMILES string of the molecule is C=CCN=c1scc(-c2ccc3cc(OC)ccc3c2)n1N=CC1CC2C=CC1C2. The molecule has 3 unspecified atom stereocenters. The average Bonchev–Trinajstić information content (AvgIpc) is 3.51. The fraction of sp³-hybridized carbons (Fsp3) is 0.280. The normalized spacial score (nSPS) is 23.1. The van der Waals surface area contributed by atoms with Crippen LogP contribution in [0.2, 0.25) is 0 Å². The van der Waals surface area contributed by atoms with E-state index in [0.717, 1.165) is 33.1 Å². The van der Waals surface area contributed by atoms with E-state index >= 15 is 0 Å². The first-order valence-corrected chi connectivity index (χ1v) is 11.3. The van der Waals surface area contributed by atoms with Gasteiger partial charge in [-0.25, -0.2) is 4.68 Å². The van der Waals surface area contributed by atoms with Crippen LogP contribution in [-0.4, -0.2) is 24.5 Å². The molecule has 3 aromatic rings. The molecule has 0 radical (unpaired) electrons. The topological polar surface area (TPSA) is 38.9 Å². The number of allylic oxidation sites excluding steroid dienone is 2. The molecule has 2 aliphatic rings. The number of fused-ring (bicyclic) bond motifs is 3. The van der Waals surface area contributed by atoms with Crippen molar-refractivity contribution in [2.45, 2.75) is 12.8 Å². The lowest BCUT2D eigenvalue weighted by Crippen LogP contribution is -2.15. The summed E-state index contributed by atoms with van der Waals surface area (Å²) in [5.41, 5.74) is 2.20. The van der Waals surface area contributed by atoms with Crippen molar-refractivity contribution in [3.8, 4) is 17.0 Å². The molecule has 4 nitrogen and oxygen atoms in total. The summed E-state index contributed by atoms with van der Waals surface area (Å²) in [6.07, 6.45) is 11.2. The molecule has 0 spiro atoms. The number of hydrogen-bond donors (Lipinski definition) is 0. The van der Waals surface area contributed by atoms with E-state index in [1.165, 1.54) is 18.2 Å². The van der Waals surface area contributed by atoms with Crippen molar-refractivity contribution in [3.63, 3.8) is 0 Å². The lowest BCUT2D eigenvalue weighted by molar-refractivity contribution is 0.415. The molecule has 3 atom stereocenters. The number of nitrogens with zero attached hydrogens (tertiary/aromatic N) is 3. The molecule has 152 valence electrons. The van der Waals surface area contributed by atoms with E-state index < -0.39 is 0 Å². The van der Waals surface area contributed by atoms with E-state index in [-0.39, 0.29) is 0 Å². The van der Waals surface area contributed by atoms with Crippen LogP contribution in [-0.2, 0) is 0 Å². The zero-order valence-electron chi connectivity index (χ0n) is 17.1. The molecule has 2 aromatic carbocycles. The molecule has 1 saturated carbocycles. The van der Waals surface area contributed by atoms with Gasteiger partial charge < -0.3 is 4.74 Å². The van der Waals surface area contributed by atoms with Crippen LogP contribution in [0, 0.1) is 17.8 Å². The second-order valence-corrected chi connectivity index (χ2v) is 8.82. The number of benzene rings is 2. The Morgan fingerprint density at radius 3 is 2.80 bits per heavy atom. The number of aromatic nitrogens is 1. The molecule has 2 aliphatic carbocycles. The van der Waals surface area contributed by atoms with Crippen LogP contribution in [0.3, 0.4) is 0 Å². The summed E-state index contributed by atoms with van der Waals surface area (Å²) in [7, 11) is 1.70. The molecular formula is C25H25N3OS. The van der Waals surface area contributed by atoms with Crippen LogP contribution in [0.1, 0.15) is 12.8 Å². The number of methoxy groups -OCH3 is 1. The van der Waals surface area contributed by atoms with E-state index in [1.807, 2.05) is 16.8 Å². The Hall–Kier alpha value is -2.92. The first kappa shape index (κ1) is 19.1. The Morgan fingerprint density at radius 1 is 1.17 bits per heavy atom. The van der Waals surface area contributed by atoms with Gasteiger partial charge in [-0.1, -0.05) is 36.4 Å². The van der Waals surface area contributed by atoms with Gasteiger partial charge in [0.2, 0.25) is 4.80 Å². The first-order chi connectivity index (χ1) is 14.7. The van der Waals surface area contributed by atoms with E-state index in [0.29, 0.717) is 18.4 Å². The van der Waals surface area contributed by atoms with Gasteiger partial charge in [0.1, 0.15) is 5.75 Å². The quantitative estimate of drug-likeness (QED) is 0.386. The van der Waals surface area contributed by atoms with Gasteiger partial charge in [-0.05, 0) is 53.6 Å². The molecule has 0 N–H and O–H groups in total. The zero-order chi connectivity index (χ0) is 20.5. The fourth-order valence-corrected chi connectivity index (χ4v) is 5.36. The predicted octanol–water partition coefficient (Wildman–Crippen LogP) is 5.51. The van der Waals surface area contributed by atoms with E-state index in [1.54, 1.807) is 18.4 Å². The van der Waals surface area contributed by atoms with Crippen LogP contribution >= 0.6 is 11.3 Å². The number of rotatable bonds is 6. The van der Waals surface area contributed by atoms with Gasteiger partial charge >= 0.3 is 0 Å². The molecule has 0 saturated heterocycles. The third-order valence-corrected chi connectivity index (χ3v) is 6.94. The minimum atomic E-state index is 0.525. The zero-order valence-corrected chi connectivity index (χ0v) is 17.9. The van der Waals surface area contributed by atoms with Crippen molar-refractivity contribution in [3.05, 3.63) is 71.4 Å². The minimum Gasteiger partial charge on any atom is -0.497 e. The fourth-order valence-electron chi connectivity index (χ4n) is 4.52. The third kappa shape index (κ3) is 3.54. The largest absolute Gasteiger partial charge is 0.497 e. The summed E-state index contributed by atoms with van der Waals surface area (Å²) in [5, 5.41) is 9.41. The summed E-state index contributed by atoms with van der Waals surface area (Å²) >= 11 is 1.62. The maximum Gasteiger partial charge on any atom is 0.206 e. The van der Waals surface area contributed by atoms with Gasteiger partial charge in [0.15, 0.2) is 0 Å². The molecule has 0 aliphatic heterocycles. The summed E-state index contributed by atoms with van der Waals surface area (Å²) in [6, 6.07) is 12.7. The molecule has 5 heteroatoms. The van der Waals surface area contributed by atoms with Crippen LogP contribution in [0.4, 0.5) is 0 Å². The summed E-state index contributed by atoms with van der Waals surface area (Å²) in [6.45, 7) is 4.39. The highest BCUT2D eigenvalue weighted by molar-refractivity contribution is 7.07. The number of hydrogen-bond acceptors (Lipinski definition) is 4. The second kappa shape index (κ2) is 8.07. The lowest BCUT2D eigenvalue weighted by Gasteiger charge is -2.12. The van der Waals surface area contributed by atoms with E-state index in [4.69, 9.17) is 9.84 Å². The molecule has 1 aromatic heterocycles. The standard InChI is InChI=1S/C25H25N3OS/c1-3-10-26-25-28(27-15-22-12-17-4-5-18(22)11-17)24(16-30-25)21-7-6-20-14-23(29-2)9-8-19(20)13-21/h3-9,13-18,22H,1,10-12H2,2H3. The molecule has 2 bridgehead atoms. The molecule has 30 heavy (non-hydrogen) atoms. The van der Waals surface area contributed by atoms with Gasteiger partial charge in [-0.3, -0.25) is 4.99 Å². The third-order valence-electron chi connectivity index (χ3n) is 6.09. The molecule has 1 fully saturated rings. The highest BCUT2D eigenvalue weighted by Crippen LogP contribution is 2.42. The second-order valence-electron chi connectivity index (χ2n) is 7.98. The van der Waals surface area contributed by atoms with Crippen molar-refractivity contribution in [1.82, 2.24) is 4.68 Å². The molecule has 1 heterocycles. The monoisotopic (exact) mass is 415 g/mol. The smallest absolute Gasteiger partial charge is 0.206 e. The van der Waals surface area contributed by atoms with Crippen LogP contribution in [0.5, 0.6) is 5.75 Å². The summed E-state index contributed by atoms with van der Waals surface area (Å²) in [4.78, 5) is 5.57. The molecule has 0 amide bonds. The van der Waals surface area contributed by atoms with Crippen LogP contribution in [0.15, 0.2) is 76.7 Å². The van der Waals surface area contributed by atoms with Crippen molar-refractivity contribution >= 4 is 28.3 Å². The lowest BCUT2D eigenvalue weighted by atomic mass is 9.95. The van der Waals surface area contributed by atoms with Gasteiger partial charge in [-0.2, -0.15) is 5.10 Å². The summed E-state index contributed by atoms with van der Waals surface area (Å²) in [5.74, 6) is 2.78. The number of thiazole rings is 1. The van der Waals surface area contributed by atoms with Gasteiger partial charge in [0.25, 0.3) is 0 Å². The van der Waals surface area contributed by atoms with Crippen molar-refractivity contribution in [2.24, 2.45) is 27.8 Å². The van der Waals surface area contributed by atoms with Crippen molar-refractivity contribution in [1.29, 1.82) is 0 Å². The van der Waals surface area contributed by atoms with Crippen LogP contribution in [0.25, 0.3) is 22.0 Å². The Labute approximate surface area is 180 Å². The summed E-state index contributed by atoms with van der Waals surface area (Å²) < 4.78 is 7.35. The Kier molecular flexibility index (Phi) is 5.13. The predicted molar refractivity (Wildman–Crippen MR) is 125 cm³/mol. The highest BCUT2D eigenvalue weighted by atomic mass is 32.1. The van der Waals surface area contributed by atoms with Gasteiger partial charge in [-0.15, -0.1) is 17.9 Å². The highest BCUT2D eigenvalue weighted by Gasteiger charge is 2.34.